The van der Waals surface area contributed by atoms with E-state index in [1.165, 1.54) is 25.4 Å². The molecule has 0 aromatic heterocycles. The number of amidine groups is 1. The van der Waals surface area contributed by atoms with Gasteiger partial charge in [-0.2, -0.15) is 18.4 Å². The van der Waals surface area contributed by atoms with E-state index in [4.69, 9.17) is 28.3 Å². The SMILES string of the molecule is C=C(N=C/C=C\N)N=C(N=CN)C(C)N(CC#N)C(=O)c1cc(Cl)cc(C(F)(F)F)c1. The Hall–Kier alpha value is -3.65. The molecule has 0 saturated heterocycles. The van der Waals surface area contributed by atoms with Crippen LogP contribution in [0.4, 0.5) is 13.2 Å². The Morgan fingerprint density at radius 1 is 1.35 bits per heavy atom. The van der Waals surface area contributed by atoms with Gasteiger partial charge in [0.25, 0.3) is 5.91 Å². The van der Waals surface area contributed by atoms with E-state index in [0.717, 1.165) is 17.3 Å². The molecule has 31 heavy (non-hydrogen) atoms. The fourth-order valence-corrected chi connectivity index (χ4v) is 2.52. The van der Waals surface area contributed by atoms with Gasteiger partial charge in [0.2, 0.25) is 0 Å². The lowest BCUT2D eigenvalue weighted by molar-refractivity contribution is -0.137. The summed E-state index contributed by atoms with van der Waals surface area (Å²) in [5.41, 5.74) is 9.07. The number of hydrogen-bond acceptors (Lipinski definition) is 5. The van der Waals surface area contributed by atoms with Gasteiger partial charge in [-0.1, -0.05) is 18.2 Å². The third-order valence-corrected chi connectivity index (χ3v) is 3.90. The molecule has 8 nitrogen and oxygen atoms in total. The number of hydrogen-bond donors (Lipinski definition) is 2. The fraction of sp³-hybridized carbons (Fsp3) is 0.211. The van der Waals surface area contributed by atoms with Gasteiger partial charge in [-0.3, -0.25) is 4.79 Å². The average Bonchev–Trinajstić information content (AvgIpc) is 2.70. The minimum absolute atomic E-state index is 0.0166. The fourth-order valence-electron chi connectivity index (χ4n) is 2.29. The van der Waals surface area contributed by atoms with Crippen molar-refractivity contribution in [3.63, 3.8) is 0 Å². The summed E-state index contributed by atoms with van der Waals surface area (Å²) in [6.45, 7) is 4.60. The van der Waals surface area contributed by atoms with Gasteiger partial charge >= 0.3 is 6.18 Å². The molecule has 0 aliphatic rings. The van der Waals surface area contributed by atoms with Crippen LogP contribution in [0.3, 0.4) is 0 Å². The molecule has 12 heteroatoms. The lowest BCUT2D eigenvalue weighted by Gasteiger charge is -2.27. The molecule has 0 saturated carbocycles. The van der Waals surface area contributed by atoms with Crippen LogP contribution in [0.2, 0.25) is 5.02 Å². The second kappa shape index (κ2) is 11.5. The van der Waals surface area contributed by atoms with Crippen LogP contribution in [0.1, 0.15) is 22.8 Å². The molecule has 1 amide bonds. The summed E-state index contributed by atoms with van der Waals surface area (Å²) in [6, 6.07) is 3.23. The molecule has 1 aromatic carbocycles. The molecule has 1 atom stereocenters. The Balaban J connectivity index is 3.38. The molecule has 1 aromatic rings. The molecule has 0 fully saturated rings. The van der Waals surface area contributed by atoms with Crippen molar-refractivity contribution in [1.82, 2.24) is 4.90 Å². The zero-order valence-electron chi connectivity index (χ0n) is 16.3. The number of amides is 1. The first-order chi connectivity index (χ1) is 14.5. The number of nitrogens with two attached hydrogens (primary N) is 2. The Kier molecular flexibility index (Phi) is 9.43. The van der Waals surface area contributed by atoms with Crippen LogP contribution in [0.25, 0.3) is 0 Å². The second-order valence-electron chi connectivity index (χ2n) is 5.82. The number of carbonyl (C=O) groups excluding carboxylic acids is 1. The number of benzene rings is 1. The average molecular weight is 454 g/mol. The molecule has 164 valence electrons. The highest BCUT2D eigenvalue weighted by Crippen LogP contribution is 2.32. The number of nitriles is 1. The lowest BCUT2D eigenvalue weighted by atomic mass is 10.1. The Labute approximate surface area is 181 Å². The van der Waals surface area contributed by atoms with Gasteiger partial charge in [0.1, 0.15) is 12.4 Å². The minimum Gasteiger partial charge on any atom is -0.405 e. The van der Waals surface area contributed by atoms with Crippen molar-refractivity contribution in [2.45, 2.75) is 19.1 Å². The van der Waals surface area contributed by atoms with Crippen molar-refractivity contribution in [2.75, 3.05) is 6.54 Å². The summed E-state index contributed by atoms with van der Waals surface area (Å²) in [6.07, 6.45) is 0.148. The topological polar surface area (TPSA) is 133 Å². The van der Waals surface area contributed by atoms with Gasteiger partial charge in [0.15, 0.2) is 5.84 Å². The van der Waals surface area contributed by atoms with Crippen LogP contribution < -0.4 is 11.5 Å². The summed E-state index contributed by atoms with van der Waals surface area (Å²) >= 11 is 5.76. The molecule has 0 aliphatic heterocycles. The number of carbonyl (C=O) groups is 1. The van der Waals surface area contributed by atoms with Gasteiger partial charge in [-0.05, 0) is 37.4 Å². The first kappa shape index (κ1) is 25.4. The quantitative estimate of drug-likeness (QED) is 0.372. The summed E-state index contributed by atoms with van der Waals surface area (Å²) in [7, 11) is 0. The van der Waals surface area contributed by atoms with Crippen LogP contribution in [0.5, 0.6) is 0 Å². The maximum atomic E-state index is 13.1. The van der Waals surface area contributed by atoms with E-state index >= 15 is 0 Å². The van der Waals surface area contributed by atoms with Crippen molar-refractivity contribution in [3.05, 3.63) is 59.0 Å². The van der Waals surface area contributed by atoms with Crippen molar-refractivity contribution >= 4 is 35.9 Å². The molecular formula is C19H19ClF3N7O. The van der Waals surface area contributed by atoms with E-state index in [0.29, 0.717) is 12.1 Å². The highest BCUT2D eigenvalue weighted by atomic mass is 35.5. The van der Waals surface area contributed by atoms with E-state index in [1.807, 2.05) is 0 Å². The predicted molar refractivity (Wildman–Crippen MR) is 114 cm³/mol. The number of allylic oxidation sites excluding steroid dienone is 1. The number of halogens is 4. The molecule has 1 unspecified atom stereocenters. The van der Waals surface area contributed by atoms with Gasteiger partial charge in [-0.25, -0.2) is 15.0 Å². The van der Waals surface area contributed by atoms with Crippen LogP contribution >= 0.6 is 11.6 Å². The van der Waals surface area contributed by atoms with E-state index in [-0.39, 0.29) is 22.2 Å². The molecule has 4 N–H and O–H groups in total. The maximum Gasteiger partial charge on any atom is 0.416 e. The third kappa shape index (κ3) is 7.60. The van der Waals surface area contributed by atoms with Crippen molar-refractivity contribution < 1.29 is 18.0 Å². The van der Waals surface area contributed by atoms with Crippen LogP contribution in [-0.2, 0) is 6.18 Å². The molecule has 1 rings (SSSR count). The Morgan fingerprint density at radius 3 is 2.58 bits per heavy atom. The monoisotopic (exact) mass is 453 g/mol. The van der Waals surface area contributed by atoms with Gasteiger partial charge in [0, 0.05) is 16.8 Å². The number of rotatable bonds is 7. The van der Waals surface area contributed by atoms with Crippen LogP contribution in [-0.4, -0.2) is 41.8 Å². The molecule has 0 bridgehead atoms. The van der Waals surface area contributed by atoms with Crippen molar-refractivity contribution in [1.29, 1.82) is 5.26 Å². The van der Waals surface area contributed by atoms with Gasteiger partial charge < -0.3 is 16.4 Å². The van der Waals surface area contributed by atoms with Gasteiger partial charge in [-0.15, -0.1) is 0 Å². The minimum atomic E-state index is -4.71. The number of alkyl halides is 3. The molecule has 0 aliphatic carbocycles. The van der Waals surface area contributed by atoms with Crippen molar-refractivity contribution in [2.24, 2.45) is 26.4 Å². The molecule has 0 radical (unpaired) electrons. The predicted octanol–water partition coefficient (Wildman–Crippen LogP) is 3.11. The van der Waals surface area contributed by atoms with Gasteiger partial charge in [0.05, 0.1) is 24.0 Å². The van der Waals surface area contributed by atoms with E-state index in [2.05, 4.69) is 21.6 Å². The number of nitrogens with zero attached hydrogens (tertiary/aromatic N) is 5. The third-order valence-electron chi connectivity index (χ3n) is 3.69. The zero-order chi connectivity index (χ0) is 23.6. The molecular weight excluding hydrogens is 435 g/mol. The summed E-state index contributed by atoms with van der Waals surface area (Å²) < 4.78 is 39.3. The van der Waals surface area contributed by atoms with E-state index in [1.54, 1.807) is 6.07 Å². The molecule has 0 heterocycles. The highest BCUT2D eigenvalue weighted by molar-refractivity contribution is 6.31. The Morgan fingerprint density at radius 2 is 2.03 bits per heavy atom. The number of aliphatic imine (C=N–C) groups is 3. The van der Waals surface area contributed by atoms with Crippen molar-refractivity contribution in [3.8, 4) is 6.07 Å². The zero-order valence-corrected chi connectivity index (χ0v) is 17.1. The largest absolute Gasteiger partial charge is 0.416 e. The normalized spacial score (nSPS) is 13.6. The summed E-state index contributed by atoms with van der Waals surface area (Å²) in [5.74, 6) is -0.956. The first-order valence-electron chi connectivity index (χ1n) is 8.53. The Bertz CT molecular complexity index is 978. The maximum absolute atomic E-state index is 13.1. The smallest absolute Gasteiger partial charge is 0.405 e. The summed E-state index contributed by atoms with van der Waals surface area (Å²) in [4.78, 5) is 25.7. The summed E-state index contributed by atoms with van der Waals surface area (Å²) in [5, 5.41) is 8.86. The standard InChI is InChI=1S/C19H19ClF3N7O/c1-12(17(28-11-26)29-13(2)27-6-3-4-24)30(7-5-25)18(31)14-8-15(19(21,22)23)10-16(20)9-14/h3-4,6,8-12H,2,7,24H2,1H3,(H2,26,28,29)/b4-3-,27-6?. The molecule has 0 spiro atoms. The first-order valence-corrected chi connectivity index (χ1v) is 8.91. The lowest BCUT2D eigenvalue weighted by Crippen LogP contribution is -2.43. The van der Waals surface area contributed by atoms with Crippen LogP contribution in [0.15, 0.2) is 57.9 Å². The highest BCUT2D eigenvalue weighted by Gasteiger charge is 2.33. The van der Waals surface area contributed by atoms with E-state index in [9.17, 15) is 18.0 Å². The van der Waals surface area contributed by atoms with Crippen LogP contribution in [0, 0.1) is 11.3 Å². The van der Waals surface area contributed by atoms with E-state index < -0.39 is 30.2 Å². The second-order valence-corrected chi connectivity index (χ2v) is 6.26.